The molecule has 1 nitrogen and oxygen atoms in total. The highest BCUT2D eigenvalue weighted by atomic mass is 28.3. The van der Waals surface area contributed by atoms with Gasteiger partial charge in [0, 0.05) is 6.42 Å². The first kappa shape index (κ1) is 13.2. The Hall–Kier alpha value is -0.813. The molecule has 0 amide bonds. The molecule has 0 aliphatic carbocycles. The molecule has 0 aliphatic rings. The lowest BCUT2D eigenvalue weighted by Crippen LogP contribution is -2.17. The molecule has 0 aliphatic heterocycles. The van der Waals surface area contributed by atoms with Crippen LogP contribution in [0.15, 0.2) is 12.7 Å². The molecule has 0 atom stereocenters. The maximum Gasteiger partial charge on any atom is 0.204 e. The molecule has 0 unspecified atom stereocenters. The van der Waals surface area contributed by atoms with Gasteiger partial charge in [-0.25, -0.2) is 0 Å². The molecular formula is C12H20OSi. The SMILES string of the molecule is C=CCCCCC(=O)C#C[Si](C)(C)C. The second kappa shape index (κ2) is 6.61. The summed E-state index contributed by atoms with van der Waals surface area (Å²) in [5, 5.41) is 0. The molecule has 0 saturated heterocycles. The van der Waals surface area contributed by atoms with Crippen LogP contribution in [0.1, 0.15) is 25.7 Å². The third-order valence-electron chi connectivity index (χ3n) is 1.64. The molecule has 0 N–H and O–H groups in total. The summed E-state index contributed by atoms with van der Waals surface area (Å²) in [4.78, 5) is 11.3. The Morgan fingerprint density at radius 3 is 2.50 bits per heavy atom. The zero-order valence-electron chi connectivity index (χ0n) is 9.52. The van der Waals surface area contributed by atoms with Gasteiger partial charge in [-0.3, -0.25) is 4.79 Å². The van der Waals surface area contributed by atoms with E-state index in [2.05, 4.69) is 37.7 Å². The quantitative estimate of drug-likeness (QED) is 0.293. The molecule has 0 aromatic heterocycles. The smallest absolute Gasteiger partial charge is 0.204 e. The average molecular weight is 208 g/mol. The highest BCUT2D eigenvalue weighted by molar-refractivity contribution is 6.84. The van der Waals surface area contributed by atoms with Crippen molar-refractivity contribution in [3.8, 4) is 11.5 Å². The predicted octanol–water partition coefficient (Wildman–Crippen LogP) is 3.18. The van der Waals surface area contributed by atoms with Crippen molar-refractivity contribution in [2.24, 2.45) is 0 Å². The highest BCUT2D eigenvalue weighted by Gasteiger charge is 2.08. The van der Waals surface area contributed by atoms with Crippen molar-refractivity contribution >= 4 is 13.9 Å². The van der Waals surface area contributed by atoms with Crippen LogP contribution in [0, 0.1) is 11.5 Å². The number of Topliss-reactive ketones (excluding diaryl/α,β-unsaturated/α-hetero) is 1. The van der Waals surface area contributed by atoms with E-state index < -0.39 is 8.07 Å². The lowest BCUT2D eigenvalue weighted by atomic mass is 10.1. The van der Waals surface area contributed by atoms with E-state index in [-0.39, 0.29) is 5.78 Å². The Bertz CT molecular complexity index is 250. The fourth-order valence-corrected chi connectivity index (χ4v) is 1.41. The number of hydrogen-bond acceptors (Lipinski definition) is 1. The third kappa shape index (κ3) is 9.28. The van der Waals surface area contributed by atoms with Gasteiger partial charge in [0.15, 0.2) is 0 Å². The van der Waals surface area contributed by atoms with E-state index in [9.17, 15) is 4.79 Å². The molecule has 0 spiro atoms. The van der Waals surface area contributed by atoms with Gasteiger partial charge in [-0.1, -0.05) is 25.7 Å². The second-order valence-electron chi connectivity index (χ2n) is 4.46. The highest BCUT2D eigenvalue weighted by Crippen LogP contribution is 2.01. The molecule has 0 heterocycles. The molecule has 2 heteroatoms. The average Bonchev–Trinajstić information content (AvgIpc) is 2.08. The van der Waals surface area contributed by atoms with Gasteiger partial charge in [-0.15, -0.1) is 12.1 Å². The molecule has 14 heavy (non-hydrogen) atoms. The first-order chi connectivity index (χ1) is 6.45. The van der Waals surface area contributed by atoms with E-state index in [1.165, 1.54) is 0 Å². The van der Waals surface area contributed by atoms with Crippen molar-refractivity contribution in [1.29, 1.82) is 0 Å². The number of carbonyl (C=O) groups excluding carboxylic acids is 1. The monoisotopic (exact) mass is 208 g/mol. The largest absolute Gasteiger partial charge is 0.285 e. The zero-order chi connectivity index (χ0) is 11.0. The number of ketones is 1. The van der Waals surface area contributed by atoms with Crippen LogP contribution in [0.4, 0.5) is 0 Å². The van der Waals surface area contributed by atoms with Gasteiger partial charge in [-0.05, 0) is 25.2 Å². The van der Waals surface area contributed by atoms with E-state index in [0.29, 0.717) is 6.42 Å². The molecule has 0 fully saturated rings. The summed E-state index contributed by atoms with van der Waals surface area (Å²) in [6.45, 7) is 10.1. The lowest BCUT2D eigenvalue weighted by molar-refractivity contribution is -0.113. The van der Waals surface area contributed by atoms with Gasteiger partial charge >= 0.3 is 0 Å². The molecule has 0 rings (SSSR count). The van der Waals surface area contributed by atoms with Crippen molar-refractivity contribution < 1.29 is 4.79 Å². The van der Waals surface area contributed by atoms with Gasteiger partial charge in [0.25, 0.3) is 0 Å². The minimum absolute atomic E-state index is 0.0940. The molecule has 0 radical (unpaired) electrons. The molecule has 0 aromatic rings. The minimum Gasteiger partial charge on any atom is -0.285 e. The number of allylic oxidation sites excluding steroid dienone is 1. The molecule has 0 saturated carbocycles. The van der Waals surface area contributed by atoms with Crippen LogP contribution >= 0.6 is 0 Å². The van der Waals surface area contributed by atoms with Crippen molar-refractivity contribution in [2.75, 3.05) is 0 Å². The van der Waals surface area contributed by atoms with Crippen LogP contribution in [0.5, 0.6) is 0 Å². The van der Waals surface area contributed by atoms with Gasteiger partial charge < -0.3 is 0 Å². The van der Waals surface area contributed by atoms with Crippen molar-refractivity contribution in [2.45, 2.75) is 45.3 Å². The normalized spacial score (nSPS) is 10.2. The van der Waals surface area contributed by atoms with Crippen LogP contribution in [0.2, 0.25) is 19.6 Å². The first-order valence-electron chi connectivity index (χ1n) is 5.12. The van der Waals surface area contributed by atoms with Crippen LogP contribution < -0.4 is 0 Å². The van der Waals surface area contributed by atoms with Crippen LogP contribution in [-0.2, 0) is 4.79 Å². The van der Waals surface area contributed by atoms with E-state index in [0.717, 1.165) is 19.3 Å². The van der Waals surface area contributed by atoms with Gasteiger partial charge in [0.1, 0.15) is 8.07 Å². The molecule has 0 bridgehead atoms. The fourth-order valence-electron chi connectivity index (χ4n) is 0.894. The summed E-state index contributed by atoms with van der Waals surface area (Å²) in [6, 6.07) is 0. The Morgan fingerprint density at radius 1 is 1.36 bits per heavy atom. The first-order valence-corrected chi connectivity index (χ1v) is 8.62. The van der Waals surface area contributed by atoms with E-state index in [4.69, 9.17) is 0 Å². The summed E-state index contributed by atoms with van der Waals surface area (Å²) in [5.74, 6) is 2.84. The topological polar surface area (TPSA) is 17.1 Å². The predicted molar refractivity (Wildman–Crippen MR) is 64.8 cm³/mol. The molecular weight excluding hydrogens is 188 g/mol. The summed E-state index contributed by atoms with van der Waals surface area (Å²) in [6.07, 6.45) is 5.47. The minimum atomic E-state index is -1.37. The fraction of sp³-hybridized carbons (Fsp3) is 0.583. The number of carbonyl (C=O) groups is 1. The van der Waals surface area contributed by atoms with Crippen molar-refractivity contribution in [1.82, 2.24) is 0 Å². The Labute approximate surface area is 88.6 Å². The standard InChI is InChI=1S/C12H20OSi/c1-5-6-7-8-9-12(13)10-11-14(2,3)4/h5H,1,6-9H2,2-4H3. The summed E-state index contributed by atoms with van der Waals surface area (Å²) in [7, 11) is -1.37. The summed E-state index contributed by atoms with van der Waals surface area (Å²) in [5.41, 5.74) is 3.08. The van der Waals surface area contributed by atoms with Crippen LogP contribution in [0.25, 0.3) is 0 Å². The van der Waals surface area contributed by atoms with E-state index >= 15 is 0 Å². The lowest BCUT2D eigenvalue weighted by Gasteiger charge is -2.02. The second-order valence-corrected chi connectivity index (χ2v) is 9.21. The summed E-state index contributed by atoms with van der Waals surface area (Å²) < 4.78 is 0. The van der Waals surface area contributed by atoms with E-state index in [1.807, 2.05) is 6.08 Å². The molecule has 0 aromatic carbocycles. The van der Waals surface area contributed by atoms with Crippen LogP contribution in [-0.4, -0.2) is 13.9 Å². The number of unbranched alkanes of at least 4 members (excludes halogenated alkanes) is 2. The maximum absolute atomic E-state index is 11.3. The number of rotatable bonds is 5. The Morgan fingerprint density at radius 2 is 2.00 bits per heavy atom. The van der Waals surface area contributed by atoms with Gasteiger partial charge in [0.2, 0.25) is 5.78 Å². The molecule has 78 valence electrons. The zero-order valence-corrected chi connectivity index (χ0v) is 10.5. The van der Waals surface area contributed by atoms with Gasteiger partial charge in [0.05, 0.1) is 0 Å². The van der Waals surface area contributed by atoms with Crippen molar-refractivity contribution in [3.63, 3.8) is 0 Å². The summed E-state index contributed by atoms with van der Waals surface area (Å²) >= 11 is 0. The third-order valence-corrected chi connectivity index (χ3v) is 2.51. The van der Waals surface area contributed by atoms with Crippen LogP contribution in [0.3, 0.4) is 0 Å². The Kier molecular flexibility index (Phi) is 6.23. The van der Waals surface area contributed by atoms with Crippen molar-refractivity contribution in [3.05, 3.63) is 12.7 Å². The van der Waals surface area contributed by atoms with Gasteiger partial charge in [-0.2, -0.15) is 0 Å². The Balaban J connectivity index is 3.74. The maximum atomic E-state index is 11.3. The van der Waals surface area contributed by atoms with E-state index in [1.54, 1.807) is 0 Å². The number of hydrogen-bond donors (Lipinski definition) is 0.